The number of anilines is 1. The van der Waals surface area contributed by atoms with Crippen LogP contribution in [0.3, 0.4) is 0 Å². The molecular weight excluding hydrogens is 348 g/mol. The van der Waals surface area contributed by atoms with Crippen molar-refractivity contribution in [2.24, 2.45) is 0 Å². The van der Waals surface area contributed by atoms with Gasteiger partial charge in [0.15, 0.2) is 11.4 Å². The molecule has 28 heavy (non-hydrogen) atoms. The number of rotatable bonds is 5. The predicted molar refractivity (Wildman–Crippen MR) is 113 cm³/mol. The van der Waals surface area contributed by atoms with Crippen molar-refractivity contribution in [3.8, 4) is 0 Å². The van der Waals surface area contributed by atoms with Crippen LogP contribution in [-0.4, -0.2) is 24.9 Å². The average Bonchev–Trinajstić information content (AvgIpc) is 3.16. The summed E-state index contributed by atoms with van der Waals surface area (Å²) in [6.07, 6.45) is 1.83. The monoisotopic (exact) mass is 368 g/mol. The van der Waals surface area contributed by atoms with Crippen molar-refractivity contribution >= 4 is 34.2 Å². The van der Waals surface area contributed by atoms with Gasteiger partial charge in [-0.2, -0.15) is 0 Å². The molecule has 0 N–H and O–H groups in total. The summed E-state index contributed by atoms with van der Waals surface area (Å²) in [6.45, 7) is 0. The molecule has 4 heteroatoms. The quantitative estimate of drug-likeness (QED) is 0.353. The zero-order valence-electron chi connectivity index (χ0n) is 15.8. The Morgan fingerprint density at radius 3 is 2.25 bits per heavy atom. The number of carbonyl (C=O) groups is 1. The third-order valence-electron chi connectivity index (χ3n) is 4.53. The molecule has 1 heterocycles. The van der Waals surface area contributed by atoms with E-state index >= 15 is 0 Å². The molecule has 1 aromatic heterocycles. The smallest absolute Gasteiger partial charge is 0.231 e. The van der Waals surface area contributed by atoms with Gasteiger partial charge in [0.2, 0.25) is 5.89 Å². The summed E-state index contributed by atoms with van der Waals surface area (Å²) in [7, 11) is 3.99. The van der Waals surface area contributed by atoms with Crippen molar-refractivity contribution in [3.05, 3.63) is 95.9 Å². The Morgan fingerprint density at radius 2 is 1.57 bits per heavy atom. The van der Waals surface area contributed by atoms with Crippen LogP contribution in [0.4, 0.5) is 5.69 Å². The third kappa shape index (κ3) is 3.58. The van der Waals surface area contributed by atoms with Crippen LogP contribution in [0, 0.1) is 0 Å². The second-order valence-electron chi connectivity index (χ2n) is 6.73. The van der Waals surface area contributed by atoms with Crippen LogP contribution in [-0.2, 0) is 0 Å². The largest absolute Gasteiger partial charge is 0.436 e. The second-order valence-corrected chi connectivity index (χ2v) is 6.73. The molecule has 0 aliphatic carbocycles. The molecule has 0 amide bonds. The fourth-order valence-corrected chi connectivity index (χ4v) is 2.99. The number of aromatic nitrogens is 1. The maximum Gasteiger partial charge on any atom is 0.231 e. The number of para-hydroxylation sites is 2. The van der Waals surface area contributed by atoms with E-state index in [1.807, 2.05) is 91.8 Å². The van der Waals surface area contributed by atoms with Crippen molar-refractivity contribution in [1.82, 2.24) is 4.98 Å². The van der Waals surface area contributed by atoms with E-state index in [2.05, 4.69) is 4.98 Å². The second kappa shape index (κ2) is 7.53. The molecule has 0 saturated carbocycles. The molecular formula is C24H20N2O2. The Kier molecular flexibility index (Phi) is 4.77. The number of fused-ring (bicyclic) bond motifs is 1. The molecule has 0 unspecified atom stereocenters. The van der Waals surface area contributed by atoms with Gasteiger partial charge in [0, 0.05) is 25.3 Å². The standard InChI is InChI=1S/C24H20N2O2/c1-26(2)19-14-12-17(13-15-19)16-20(23(27)18-8-4-3-5-9-18)24-25-21-10-6-7-11-22(21)28-24/h3-16H,1-2H3. The molecule has 0 spiro atoms. The number of hydrogen-bond acceptors (Lipinski definition) is 4. The van der Waals surface area contributed by atoms with Crippen LogP contribution in [0.1, 0.15) is 21.8 Å². The molecule has 4 rings (SSSR count). The highest BCUT2D eigenvalue weighted by Crippen LogP contribution is 2.26. The first-order chi connectivity index (χ1) is 13.6. The Bertz CT molecular complexity index is 1110. The van der Waals surface area contributed by atoms with Gasteiger partial charge in [-0.15, -0.1) is 0 Å². The summed E-state index contributed by atoms with van der Waals surface area (Å²) < 4.78 is 5.90. The first-order valence-electron chi connectivity index (χ1n) is 9.06. The van der Waals surface area contributed by atoms with Crippen LogP contribution in [0.2, 0.25) is 0 Å². The average molecular weight is 368 g/mol. The number of Topliss-reactive ketones (excluding diaryl/α,β-unsaturated/α-hetero) is 1. The summed E-state index contributed by atoms with van der Waals surface area (Å²) in [5.41, 5.74) is 4.42. The van der Waals surface area contributed by atoms with E-state index in [4.69, 9.17) is 4.42 Å². The first kappa shape index (κ1) is 17.7. The minimum atomic E-state index is -0.121. The molecule has 0 saturated heterocycles. The predicted octanol–water partition coefficient (Wildman–Crippen LogP) is 5.32. The lowest BCUT2D eigenvalue weighted by Crippen LogP contribution is -2.08. The zero-order valence-corrected chi connectivity index (χ0v) is 15.8. The van der Waals surface area contributed by atoms with Crippen molar-refractivity contribution in [2.75, 3.05) is 19.0 Å². The summed E-state index contributed by atoms with van der Waals surface area (Å²) in [4.78, 5) is 19.8. The van der Waals surface area contributed by atoms with Gasteiger partial charge in [0.25, 0.3) is 0 Å². The van der Waals surface area contributed by atoms with Gasteiger partial charge >= 0.3 is 0 Å². The van der Waals surface area contributed by atoms with E-state index in [0.29, 0.717) is 22.6 Å². The highest BCUT2D eigenvalue weighted by atomic mass is 16.3. The molecule has 0 aliphatic heterocycles. The normalized spacial score (nSPS) is 11.6. The summed E-state index contributed by atoms with van der Waals surface area (Å²) in [5.74, 6) is 0.204. The van der Waals surface area contributed by atoms with Crippen molar-refractivity contribution < 1.29 is 9.21 Å². The Balaban J connectivity index is 1.82. The number of ketones is 1. The van der Waals surface area contributed by atoms with Crippen molar-refractivity contribution in [1.29, 1.82) is 0 Å². The number of nitrogens with zero attached hydrogens (tertiary/aromatic N) is 2. The van der Waals surface area contributed by atoms with E-state index < -0.39 is 0 Å². The van der Waals surface area contributed by atoms with Gasteiger partial charge in [-0.25, -0.2) is 4.98 Å². The van der Waals surface area contributed by atoms with Crippen LogP contribution in [0.5, 0.6) is 0 Å². The molecule has 4 aromatic rings. The molecule has 0 bridgehead atoms. The third-order valence-corrected chi connectivity index (χ3v) is 4.53. The van der Waals surface area contributed by atoms with E-state index in [-0.39, 0.29) is 5.78 Å². The molecule has 138 valence electrons. The maximum absolute atomic E-state index is 13.2. The van der Waals surface area contributed by atoms with Gasteiger partial charge in [-0.05, 0) is 35.9 Å². The van der Waals surface area contributed by atoms with Crippen LogP contribution in [0.15, 0.2) is 83.3 Å². The fourth-order valence-electron chi connectivity index (χ4n) is 2.99. The number of allylic oxidation sites excluding steroid dienone is 1. The van der Waals surface area contributed by atoms with Crippen molar-refractivity contribution in [3.63, 3.8) is 0 Å². The van der Waals surface area contributed by atoms with E-state index in [1.54, 1.807) is 12.1 Å². The summed E-state index contributed by atoms with van der Waals surface area (Å²) >= 11 is 0. The SMILES string of the molecule is CN(C)c1ccc(C=C(C(=O)c2ccccc2)c2nc3ccccc3o2)cc1. The molecule has 0 aliphatic rings. The molecule has 4 nitrogen and oxygen atoms in total. The summed E-state index contributed by atoms with van der Waals surface area (Å²) in [6, 6.07) is 24.7. The lowest BCUT2D eigenvalue weighted by molar-refractivity contribution is 0.105. The molecule has 3 aromatic carbocycles. The van der Waals surface area contributed by atoms with E-state index in [0.717, 1.165) is 16.8 Å². The number of hydrogen-bond donors (Lipinski definition) is 0. The minimum absolute atomic E-state index is 0.121. The Hall–Kier alpha value is -3.66. The highest BCUT2D eigenvalue weighted by molar-refractivity contribution is 6.31. The molecule has 0 atom stereocenters. The number of oxazole rings is 1. The van der Waals surface area contributed by atoms with Crippen LogP contribution < -0.4 is 4.90 Å². The topological polar surface area (TPSA) is 46.3 Å². The van der Waals surface area contributed by atoms with Gasteiger partial charge in [0.1, 0.15) is 5.52 Å². The maximum atomic E-state index is 13.2. The van der Waals surface area contributed by atoms with Crippen molar-refractivity contribution in [2.45, 2.75) is 0 Å². The van der Waals surface area contributed by atoms with E-state index in [1.165, 1.54) is 0 Å². The lowest BCUT2D eigenvalue weighted by Gasteiger charge is -2.12. The number of benzene rings is 3. The van der Waals surface area contributed by atoms with Gasteiger partial charge in [0.05, 0.1) is 5.57 Å². The number of carbonyl (C=O) groups excluding carboxylic acids is 1. The van der Waals surface area contributed by atoms with Gasteiger partial charge < -0.3 is 9.32 Å². The van der Waals surface area contributed by atoms with Crippen LogP contribution >= 0.6 is 0 Å². The fraction of sp³-hybridized carbons (Fsp3) is 0.0833. The summed E-state index contributed by atoms with van der Waals surface area (Å²) in [5, 5.41) is 0. The van der Waals surface area contributed by atoms with Gasteiger partial charge in [-0.3, -0.25) is 4.79 Å². The van der Waals surface area contributed by atoms with Gasteiger partial charge in [-0.1, -0.05) is 54.6 Å². The first-order valence-corrected chi connectivity index (χ1v) is 9.06. The highest BCUT2D eigenvalue weighted by Gasteiger charge is 2.20. The zero-order chi connectivity index (χ0) is 19.5. The molecule has 0 fully saturated rings. The lowest BCUT2D eigenvalue weighted by atomic mass is 10.0. The molecule has 0 radical (unpaired) electrons. The van der Waals surface area contributed by atoms with E-state index in [9.17, 15) is 4.79 Å². The van der Waals surface area contributed by atoms with Crippen LogP contribution in [0.25, 0.3) is 22.7 Å². The minimum Gasteiger partial charge on any atom is -0.436 e. The Labute approximate surface area is 163 Å². The Morgan fingerprint density at radius 1 is 0.893 bits per heavy atom.